The molecule has 0 bridgehead atoms. The number of aryl methyl sites for hydroxylation is 1. The predicted molar refractivity (Wildman–Crippen MR) is 116 cm³/mol. The summed E-state index contributed by atoms with van der Waals surface area (Å²) in [6, 6.07) is 29.8. The third-order valence-electron chi connectivity index (χ3n) is 4.91. The standard InChI is InChI=1S/C25H23N3O/c1-19-9-8-10-20(17-19)18-28-23(15-16-26-28)27-25(29)24(21-11-4-2-5-12-21)22-13-6-3-7-14-22/h2-17,24H,18H2,1H3,(H,27,29). The van der Waals surface area contributed by atoms with E-state index in [9.17, 15) is 4.79 Å². The number of nitrogens with one attached hydrogen (secondary N) is 1. The lowest BCUT2D eigenvalue weighted by atomic mass is 9.90. The summed E-state index contributed by atoms with van der Waals surface area (Å²) in [5.41, 5.74) is 4.27. The molecule has 4 heteroatoms. The van der Waals surface area contributed by atoms with Crippen molar-refractivity contribution in [3.8, 4) is 0 Å². The molecule has 0 saturated heterocycles. The Morgan fingerprint density at radius 1 is 0.897 bits per heavy atom. The van der Waals surface area contributed by atoms with Crippen LogP contribution in [0.4, 0.5) is 5.82 Å². The summed E-state index contributed by atoms with van der Waals surface area (Å²) in [5.74, 6) is 0.224. The van der Waals surface area contributed by atoms with Gasteiger partial charge in [-0.3, -0.25) is 4.79 Å². The van der Waals surface area contributed by atoms with Gasteiger partial charge in [0.2, 0.25) is 5.91 Å². The maximum absolute atomic E-state index is 13.3. The van der Waals surface area contributed by atoms with Gasteiger partial charge in [0.15, 0.2) is 0 Å². The lowest BCUT2D eigenvalue weighted by Gasteiger charge is -2.18. The van der Waals surface area contributed by atoms with E-state index in [1.165, 1.54) is 5.56 Å². The van der Waals surface area contributed by atoms with E-state index in [2.05, 4.69) is 35.5 Å². The van der Waals surface area contributed by atoms with E-state index in [-0.39, 0.29) is 11.8 Å². The Hall–Kier alpha value is -3.66. The first-order valence-corrected chi connectivity index (χ1v) is 9.69. The van der Waals surface area contributed by atoms with E-state index in [0.717, 1.165) is 16.7 Å². The highest BCUT2D eigenvalue weighted by Crippen LogP contribution is 2.26. The van der Waals surface area contributed by atoms with Crippen LogP contribution in [0.25, 0.3) is 0 Å². The summed E-state index contributed by atoms with van der Waals surface area (Å²) >= 11 is 0. The second-order valence-corrected chi connectivity index (χ2v) is 7.11. The van der Waals surface area contributed by atoms with Gasteiger partial charge in [-0.1, -0.05) is 90.5 Å². The fourth-order valence-electron chi connectivity index (χ4n) is 3.53. The number of hydrogen-bond donors (Lipinski definition) is 1. The lowest BCUT2D eigenvalue weighted by Crippen LogP contribution is -2.24. The monoisotopic (exact) mass is 381 g/mol. The van der Waals surface area contributed by atoms with Crippen molar-refractivity contribution in [2.45, 2.75) is 19.4 Å². The number of benzene rings is 3. The highest BCUT2D eigenvalue weighted by atomic mass is 16.2. The lowest BCUT2D eigenvalue weighted by molar-refractivity contribution is -0.116. The first-order valence-electron chi connectivity index (χ1n) is 9.69. The van der Waals surface area contributed by atoms with Gasteiger partial charge in [-0.05, 0) is 23.6 Å². The van der Waals surface area contributed by atoms with E-state index >= 15 is 0 Å². The van der Waals surface area contributed by atoms with E-state index in [1.54, 1.807) is 6.20 Å². The third kappa shape index (κ3) is 4.43. The number of carbonyl (C=O) groups is 1. The predicted octanol–water partition coefficient (Wildman–Crippen LogP) is 5.01. The maximum atomic E-state index is 13.3. The van der Waals surface area contributed by atoms with Crippen LogP contribution in [0.15, 0.2) is 97.2 Å². The summed E-state index contributed by atoms with van der Waals surface area (Å²) in [6.45, 7) is 2.67. The molecule has 4 rings (SSSR count). The van der Waals surface area contributed by atoms with Crippen LogP contribution < -0.4 is 5.32 Å². The maximum Gasteiger partial charge on any atom is 0.237 e. The van der Waals surface area contributed by atoms with Crippen molar-refractivity contribution in [1.82, 2.24) is 9.78 Å². The molecule has 0 fully saturated rings. The number of carbonyl (C=O) groups excluding carboxylic acids is 1. The van der Waals surface area contributed by atoms with Gasteiger partial charge in [-0.15, -0.1) is 0 Å². The molecule has 0 saturated carbocycles. The van der Waals surface area contributed by atoms with Crippen molar-refractivity contribution in [2.75, 3.05) is 5.32 Å². The molecule has 0 aliphatic carbocycles. The fourth-order valence-corrected chi connectivity index (χ4v) is 3.53. The molecule has 0 aliphatic heterocycles. The third-order valence-corrected chi connectivity index (χ3v) is 4.91. The van der Waals surface area contributed by atoms with Gasteiger partial charge in [0, 0.05) is 6.07 Å². The summed E-state index contributed by atoms with van der Waals surface area (Å²) in [4.78, 5) is 13.3. The van der Waals surface area contributed by atoms with Gasteiger partial charge in [-0.25, -0.2) is 4.68 Å². The molecule has 144 valence electrons. The molecule has 1 amide bonds. The minimum Gasteiger partial charge on any atom is -0.310 e. The van der Waals surface area contributed by atoms with Gasteiger partial charge in [0.25, 0.3) is 0 Å². The molecule has 3 aromatic carbocycles. The Morgan fingerprint density at radius 3 is 2.17 bits per heavy atom. The summed E-state index contributed by atoms with van der Waals surface area (Å²) < 4.78 is 1.82. The van der Waals surface area contributed by atoms with Crippen molar-refractivity contribution in [1.29, 1.82) is 0 Å². The Morgan fingerprint density at radius 2 is 1.55 bits per heavy atom. The summed E-state index contributed by atoms with van der Waals surface area (Å²) in [6.07, 6.45) is 1.71. The molecule has 1 N–H and O–H groups in total. The molecule has 29 heavy (non-hydrogen) atoms. The molecule has 4 nitrogen and oxygen atoms in total. The minimum absolute atomic E-state index is 0.0756. The van der Waals surface area contributed by atoms with Crippen LogP contribution in [0.3, 0.4) is 0 Å². The van der Waals surface area contributed by atoms with Crippen LogP contribution in [-0.4, -0.2) is 15.7 Å². The van der Waals surface area contributed by atoms with E-state index in [0.29, 0.717) is 12.4 Å². The van der Waals surface area contributed by atoms with Crippen LogP contribution >= 0.6 is 0 Å². The van der Waals surface area contributed by atoms with Gasteiger partial charge >= 0.3 is 0 Å². The first kappa shape index (κ1) is 18.7. The Balaban J connectivity index is 1.60. The molecule has 0 spiro atoms. The molecular weight excluding hydrogens is 358 g/mol. The normalized spacial score (nSPS) is 10.8. The molecule has 0 atom stereocenters. The zero-order valence-electron chi connectivity index (χ0n) is 16.3. The smallest absolute Gasteiger partial charge is 0.237 e. The average Bonchev–Trinajstić information content (AvgIpc) is 3.16. The number of rotatable bonds is 6. The van der Waals surface area contributed by atoms with Gasteiger partial charge in [0.05, 0.1) is 18.7 Å². The van der Waals surface area contributed by atoms with Crippen molar-refractivity contribution in [2.24, 2.45) is 0 Å². The van der Waals surface area contributed by atoms with Crippen molar-refractivity contribution in [3.63, 3.8) is 0 Å². The first-order chi connectivity index (χ1) is 14.2. The molecule has 1 heterocycles. The van der Waals surface area contributed by atoms with E-state index in [1.807, 2.05) is 77.5 Å². The molecule has 0 aliphatic rings. The summed E-state index contributed by atoms with van der Waals surface area (Å²) in [5, 5.41) is 7.48. The van der Waals surface area contributed by atoms with Gasteiger partial charge < -0.3 is 5.32 Å². The zero-order valence-corrected chi connectivity index (χ0v) is 16.3. The van der Waals surface area contributed by atoms with Crippen molar-refractivity contribution >= 4 is 11.7 Å². The van der Waals surface area contributed by atoms with Gasteiger partial charge in [0.1, 0.15) is 5.82 Å². The minimum atomic E-state index is -0.389. The number of anilines is 1. The topological polar surface area (TPSA) is 46.9 Å². The largest absolute Gasteiger partial charge is 0.310 e. The van der Waals surface area contributed by atoms with Crippen LogP contribution in [0.1, 0.15) is 28.2 Å². The van der Waals surface area contributed by atoms with Gasteiger partial charge in [-0.2, -0.15) is 5.10 Å². The molecule has 1 aromatic heterocycles. The second kappa shape index (κ2) is 8.57. The van der Waals surface area contributed by atoms with Crippen molar-refractivity contribution in [3.05, 3.63) is 119 Å². The Kier molecular flexibility index (Phi) is 5.52. The van der Waals surface area contributed by atoms with E-state index in [4.69, 9.17) is 0 Å². The average molecular weight is 381 g/mol. The Labute approximate surface area is 170 Å². The Bertz CT molecular complexity index is 1050. The second-order valence-electron chi connectivity index (χ2n) is 7.11. The van der Waals surface area contributed by atoms with Crippen LogP contribution in [0, 0.1) is 6.92 Å². The molecular formula is C25H23N3O. The summed E-state index contributed by atoms with van der Waals surface area (Å²) in [7, 11) is 0. The van der Waals surface area contributed by atoms with Crippen LogP contribution in [0.5, 0.6) is 0 Å². The fraction of sp³-hybridized carbons (Fsp3) is 0.120. The number of amides is 1. The number of nitrogens with zero attached hydrogens (tertiary/aromatic N) is 2. The number of aromatic nitrogens is 2. The quantitative estimate of drug-likeness (QED) is 0.510. The highest BCUT2D eigenvalue weighted by molar-refractivity contribution is 5.97. The molecule has 4 aromatic rings. The molecule has 0 unspecified atom stereocenters. The van der Waals surface area contributed by atoms with Crippen molar-refractivity contribution < 1.29 is 4.79 Å². The highest BCUT2D eigenvalue weighted by Gasteiger charge is 2.23. The number of hydrogen-bond acceptors (Lipinski definition) is 2. The van der Waals surface area contributed by atoms with Crippen LogP contribution in [-0.2, 0) is 11.3 Å². The SMILES string of the molecule is Cc1cccc(Cn2nccc2NC(=O)C(c2ccccc2)c2ccccc2)c1. The zero-order chi connectivity index (χ0) is 20.1. The van der Waals surface area contributed by atoms with E-state index < -0.39 is 0 Å². The molecule has 0 radical (unpaired) electrons. The van der Waals surface area contributed by atoms with Crippen LogP contribution in [0.2, 0.25) is 0 Å².